The molecule has 1 aliphatic rings. The van der Waals surface area contributed by atoms with Crippen LogP contribution in [0.25, 0.3) is 0 Å². The Morgan fingerprint density at radius 1 is 1.32 bits per heavy atom. The number of aryl methyl sites for hydroxylation is 1. The summed E-state index contributed by atoms with van der Waals surface area (Å²) in [4.78, 5) is 25.8. The summed E-state index contributed by atoms with van der Waals surface area (Å²) in [7, 11) is 0. The molecule has 0 saturated heterocycles. The highest BCUT2D eigenvalue weighted by Crippen LogP contribution is 2.29. The number of hydrogen-bond acceptors (Lipinski definition) is 2. The van der Waals surface area contributed by atoms with Crippen LogP contribution in [-0.2, 0) is 11.2 Å². The van der Waals surface area contributed by atoms with Crippen molar-refractivity contribution in [3.05, 3.63) is 29.3 Å². The van der Waals surface area contributed by atoms with Gasteiger partial charge in [0.15, 0.2) is 5.78 Å². The van der Waals surface area contributed by atoms with Crippen molar-refractivity contribution in [2.45, 2.75) is 40.0 Å². The molecule has 1 amide bonds. The van der Waals surface area contributed by atoms with Crippen molar-refractivity contribution >= 4 is 17.4 Å². The van der Waals surface area contributed by atoms with E-state index in [-0.39, 0.29) is 17.6 Å². The zero-order chi connectivity index (χ0) is 14.0. The fraction of sp³-hybridized carbons (Fsp3) is 0.500. The van der Waals surface area contributed by atoms with Crippen molar-refractivity contribution in [3.63, 3.8) is 0 Å². The van der Waals surface area contributed by atoms with Gasteiger partial charge < -0.3 is 4.90 Å². The van der Waals surface area contributed by atoms with Crippen molar-refractivity contribution in [1.29, 1.82) is 0 Å². The zero-order valence-corrected chi connectivity index (χ0v) is 11.9. The van der Waals surface area contributed by atoms with Gasteiger partial charge in [-0.3, -0.25) is 9.59 Å². The van der Waals surface area contributed by atoms with E-state index in [9.17, 15) is 9.59 Å². The third-order valence-electron chi connectivity index (χ3n) is 3.60. The molecule has 0 radical (unpaired) electrons. The first-order chi connectivity index (χ1) is 9.04. The second kappa shape index (κ2) is 5.55. The number of anilines is 1. The van der Waals surface area contributed by atoms with Gasteiger partial charge in [-0.05, 0) is 36.6 Å². The van der Waals surface area contributed by atoms with Gasteiger partial charge in [0.05, 0.1) is 0 Å². The molecule has 1 aromatic rings. The Kier molecular flexibility index (Phi) is 4.03. The molecule has 3 heteroatoms. The highest BCUT2D eigenvalue weighted by Gasteiger charge is 2.24. The number of rotatable bonds is 3. The topological polar surface area (TPSA) is 37.4 Å². The van der Waals surface area contributed by atoms with Crippen LogP contribution in [0.2, 0.25) is 0 Å². The largest absolute Gasteiger partial charge is 0.312 e. The quantitative estimate of drug-likeness (QED) is 0.782. The van der Waals surface area contributed by atoms with Crippen molar-refractivity contribution in [2.24, 2.45) is 5.92 Å². The number of fused-ring (bicyclic) bond motifs is 1. The highest BCUT2D eigenvalue weighted by molar-refractivity contribution is 5.99. The number of amides is 1. The third kappa shape index (κ3) is 2.70. The number of carbonyl (C=O) groups is 2. The van der Waals surface area contributed by atoms with Gasteiger partial charge in [-0.1, -0.05) is 20.8 Å². The second-order valence-corrected chi connectivity index (χ2v) is 5.37. The van der Waals surface area contributed by atoms with Crippen LogP contribution in [0.5, 0.6) is 0 Å². The molecule has 0 aliphatic carbocycles. The van der Waals surface area contributed by atoms with Crippen molar-refractivity contribution in [3.8, 4) is 0 Å². The first kappa shape index (κ1) is 13.8. The van der Waals surface area contributed by atoms with E-state index in [0.717, 1.165) is 36.2 Å². The van der Waals surface area contributed by atoms with Crippen molar-refractivity contribution in [1.82, 2.24) is 0 Å². The fourth-order valence-electron chi connectivity index (χ4n) is 2.52. The summed E-state index contributed by atoms with van der Waals surface area (Å²) < 4.78 is 0. The molecule has 0 saturated carbocycles. The predicted molar refractivity (Wildman–Crippen MR) is 76.6 cm³/mol. The summed E-state index contributed by atoms with van der Waals surface area (Å²) in [5, 5.41) is 0. The van der Waals surface area contributed by atoms with E-state index in [1.54, 1.807) is 0 Å². The van der Waals surface area contributed by atoms with E-state index >= 15 is 0 Å². The van der Waals surface area contributed by atoms with Crippen molar-refractivity contribution in [2.75, 3.05) is 11.4 Å². The SMILES string of the molecule is CCC(=O)c1ccc2c(c1)CCCN2C(=O)C(C)C. The number of nitrogens with zero attached hydrogens (tertiary/aromatic N) is 1. The van der Waals surface area contributed by atoms with Crippen molar-refractivity contribution < 1.29 is 9.59 Å². The van der Waals surface area contributed by atoms with E-state index in [1.165, 1.54) is 0 Å². The fourth-order valence-corrected chi connectivity index (χ4v) is 2.52. The Morgan fingerprint density at radius 2 is 2.05 bits per heavy atom. The van der Waals surface area contributed by atoms with Crippen LogP contribution in [0.4, 0.5) is 5.69 Å². The lowest BCUT2D eigenvalue weighted by atomic mass is 9.96. The summed E-state index contributed by atoms with van der Waals surface area (Å²) in [6.07, 6.45) is 2.44. The van der Waals surface area contributed by atoms with Crippen LogP contribution in [0, 0.1) is 5.92 Å². The molecule has 0 N–H and O–H groups in total. The van der Waals surface area contributed by atoms with Gasteiger partial charge in [0.1, 0.15) is 0 Å². The Morgan fingerprint density at radius 3 is 2.68 bits per heavy atom. The van der Waals surface area contributed by atoms with Gasteiger partial charge in [-0.15, -0.1) is 0 Å². The number of ketones is 1. The summed E-state index contributed by atoms with van der Waals surface area (Å²) in [6.45, 7) is 6.50. The maximum absolute atomic E-state index is 12.2. The summed E-state index contributed by atoms with van der Waals surface area (Å²) >= 11 is 0. The van der Waals surface area contributed by atoms with Crippen LogP contribution in [-0.4, -0.2) is 18.2 Å². The van der Waals surface area contributed by atoms with E-state index in [0.29, 0.717) is 6.42 Å². The predicted octanol–water partition coefficient (Wildman–Crippen LogP) is 3.21. The summed E-state index contributed by atoms with van der Waals surface area (Å²) in [5.41, 5.74) is 2.87. The third-order valence-corrected chi connectivity index (χ3v) is 3.60. The second-order valence-electron chi connectivity index (χ2n) is 5.37. The molecule has 3 nitrogen and oxygen atoms in total. The van der Waals surface area contributed by atoms with E-state index < -0.39 is 0 Å². The first-order valence-corrected chi connectivity index (χ1v) is 7.02. The maximum Gasteiger partial charge on any atom is 0.229 e. The minimum Gasteiger partial charge on any atom is -0.312 e. The van der Waals surface area contributed by atoms with Gasteiger partial charge >= 0.3 is 0 Å². The van der Waals surface area contributed by atoms with E-state index in [2.05, 4.69) is 0 Å². The van der Waals surface area contributed by atoms with Crippen LogP contribution in [0.15, 0.2) is 18.2 Å². The highest BCUT2D eigenvalue weighted by atomic mass is 16.2. The first-order valence-electron chi connectivity index (χ1n) is 7.02. The number of hydrogen-bond donors (Lipinski definition) is 0. The molecule has 0 aromatic heterocycles. The summed E-state index contributed by atoms with van der Waals surface area (Å²) in [6, 6.07) is 5.73. The Hall–Kier alpha value is -1.64. The molecule has 1 aliphatic heterocycles. The lowest BCUT2D eigenvalue weighted by Gasteiger charge is -2.31. The molecule has 0 spiro atoms. The van der Waals surface area contributed by atoms with E-state index in [1.807, 2.05) is 43.9 Å². The standard InChI is InChI=1S/C16H21NO2/c1-4-15(18)13-7-8-14-12(10-13)6-5-9-17(14)16(19)11(2)3/h7-8,10-11H,4-6,9H2,1-3H3. The lowest BCUT2D eigenvalue weighted by molar-refractivity contribution is -0.121. The average molecular weight is 259 g/mol. The lowest BCUT2D eigenvalue weighted by Crippen LogP contribution is -2.38. The van der Waals surface area contributed by atoms with Gasteiger partial charge in [-0.25, -0.2) is 0 Å². The minimum atomic E-state index is 0.00269. The molecule has 2 rings (SSSR count). The molecule has 1 heterocycles. The number of Topliss-reactive ketones (excluding diaryl/α,β-unsaturated/α-hetero) is 1. The zero-order valence-electron chi connectivity index (χ0n) is 11.9. The molecule has 0 unspecified atom stereocenters. The van der Waals surface area contributed by atoms with Gasteiger partial charge in [0, 0.05) is 30.1 Å². The molecular formula is C16H21NO2. The molecule has 0 fully saturated rings. The van der Waals surface area contributed by atoms with Crippen LogP contribution < -0.4 is 4.90 Å². The van der Waals surface area contributed by atoms with Gasteiger partial charge in [0.2, 0.25) is 5.91 Å². The molecule has 0 bridgehead atoms. The maximum atomic E-state index is 12.2. The molecule has 0 atom stereocenters. The minimum absolute atomic E-state index is 0.00269. The van der Waals surface area contributed by atoms with Crippen LogP contribution >= 0.6 is 0 Å². The van der Waals surface area contributed by atoms with Crippen LogP contribution in [0.3, 0.4) is 0 Å². The number of benzene rings is 1. The molecule has 19 heavy (non-hydrogen) atoms. The molecular weight excluding hydrogens is 238 g/mol. The van der Waals surface area contributed by atoms with Gasteiger partial charge in [-0.2, -0.15) is 0 Å². The van der Waals surface area contributed by atoms with Gasteiger partial charge in [0.25, 0.3) is 0 Å². The Bertz CT molecular complexity index is 505. The smallest absolute Gasteiger partial charge is 0.229 e. The Balaban J connectivity index is 2.36. The average Bonchev–Trinajstić information content (AvgIpc) is 2.44. The number of carbonyl (C=O) groups excluding carboxylic acids is 2. The monoisotopic (exact) mass is 259 g/mol. The Labute approximate surface area is 114 Å². The normalized spacial score (nSPS) is 14.4. The molecule has 1 aromatic carbocycles. The molecule has 102 valence electrons. The van der Waals surface area contributed by atoms with Crippen LogP contribution in [0.1, 0.15) is 49.5 Å². The van der Waals surface area contributed by atoms with E-state index in [4.69, 9.17) is 0 Å². The summed E-state index contributed by atoms with van der Waals surface area (Å²) in [5.74, 6) is 0.327.